The minimum atomic E-state index is -0.407. The molecule has 0 aliphatic carbocycles. The Morgan fingerprint density at radius 1 is 1.38 bits per heavy atom. The fourth-order valence-electron chi connectivity index (χ4n) is 3.14. The maximum Gasteiger partial charge on any atom is 0.318 e. The number of piperazine rings is 1. The van der Waals surface area contributed by atoms with Gasteiger partial charge in [-0.05, 0) is 26.2 Å². The van der Waals surface area contributed by atoms with E-state index in [1.165, 1.54) is 0 Å². The fraction of sp³-hybridized carbons (Fsp3) is 0.688. The molecule has 3 rings (SSSR count). The summed E-state index contributed by atoms with van der Waals surface area (Å²) in [5, 5.41) is 9.61. The van der Waals surface area contributed by atoms with Crippen molar-refractivity contribution in [1.29, 1.82) is 0 Å². The fourth-order valence-corrected chi connectivity index (χ4v) is 3.14. The van der Waals surface area contributed by atoms with Crippen molar-refractivity contribution in [2.45, 2.75) is 38.8 Å². The van der Waals surface area contributed by atoms with Gasteiger partial charge in [0.05, 0.1) is 12.2 Å². The molecule has 8 heteroatoms. The van der Waals surface area contributed by atoms with Crippen LogP contribution in [0.2, 0.25) is 0 Å². The smallest absolute Gasteiger partial charge is 0.318 e. The lowest BCUT2D eigenvalue weighted by molar-refractivity contribution is -0.122. The molecule has 0 bridgehead atoms. The predicted octanol–water partition coefficient (Wildman–Crippen LogP) is 0.479. The van der Waals surface area contributed by atoms with Crippen molar-refractivity contribution in [2.75, 3.05) is 32.7 Å². The van der Waals surface area contributed by atoms with Crippen molar-refractivity contribution in [3.8, 4) is 0 Å². The quantitative estimate of drug-likeness (QED) is 0.838. The lowest BCUT2D eigenvalue weighted by Gasteiger charge is -2.34. The van der Waals surface area contributed by atoms with Gasteiger partial charge in [-0.3, -0.25) is 9.69 Å². The Labute approximate surface area is 141 Å². The van der Waals surface area contributed by atoms with E-state index in [2.05, 4.69) is 20.7 Å². The van der Waals surface area contributed by atoms with Gasteiger partial charge in [0.25, 0.3) is 0 Å². The SMILES string of the molecule is Cc1cc(CN2CCN(C(=O)N[C@H]3CCCCNC3=O)CC2)on1. The first-order chi connectivity index (χ1) is 11.6. The minimum Gasteiger partial charge on any atom is -0.360 e. The summed E-state index contributed by atoms with van der Waals surface area (Å²) in [6, 6.07) is 1.38. The third-order valence-electron chi connectivity index (χ3n) is 4.55. The second-order valence-electron chi connectivity index (χ2n) is 6.49. The minimum absolute atomic E-state index is 0.0693. The highest BCUT2D eigenvalue weighted by Crippen LogP contribution is 2.11. The number of urea groups is 1. The lowest BCUT2D eigenvalue weighted by Crippen LogP contribution is -2.55. The van der Waals surface area contributed by atoms with Crippen LogP contribution >= 0.6 is 0 Å². The zero-order valence-electron chi connectivity index (χ0n) is 14.1. The first-order valence-corrected chi connectivity index (χ1v) is 8.59. The number of nitrogens with zero attached hydrogens (tertiary/aromatic N) is 3. The zero-order chi connectivity index (χ0) is 16.9. The lowest BCUT2D eigenvalue weighted by atomic mass is 10.1. The van der Waals surface area contributed by atoms with Crippen molar-refractivity contribution in [3.63, 3.8) is 0 Å². The average Bonchev–Trinajstić information content (AvgIpc) is 2.87. The number of carbonyl (C=O) groups excluding carboxylic acids is 2. The van der Waals surface area contributed by atoms with Gasteiger partial charge in [0.1, 0.15) is 6.04 Å². The third-order valence-corrected chi connectivity index (χ3v) is 4.55. The molecule has 3 heterocycles. The molecule has 1 aromatic heterocycles. The standard InChI is InChI=1S/C16H25N5O3/c1-12-10-13(24-19-12)11-20-6-8-21(9-7-20)16(23)18-14-4-2-3-5-17-15(14)22/h10,14H,2-9,11H2,1H3,(H,17,22)(H,18,23)/t14-/m0/s1. The van der Waals surface area contributed by atoms with E-state index in [0.29, 0.717) is 32.6 Å². The highest BCUT2D eigenvalue weighted by atomic mass is 16.5. The summed E-state index contributed by atoms with van der Waals surface area (Å²) in [4.78, 5) is 28.3. The van der Waals surface area contributed by atoms with Crippen molar-refractivity contribution < 1.29 is 14.1 Å². The highest BCUT2D eigenvalue weighted by Gasteiger charge is 2.27. The first-order valence-electron chi connectivity index (χ1n) is 8.59. The molecule has 3 amide bonds. The number of hydrogen-bond acceptors (Lipinski definition) is 5. The molecule has 2 aliphatic heterocycles. The molecule has 2 saturated heterocycles. The van der Waals surface area contributed by atoms with Gasteiger partial charge in [0, 0.05) is 38.8 Å². The van der Waals surface area contributed by atoms with Crippen LogP contribution in [-0.4, -0.2) is 65.7 Å². The summed E-state index contributed by atoms with van der Waals surface area (Å²) < 4.78 is 5.24. The number of rotatable bonds is 3. The van der Waals surface area contributed by atoms with Gasteiger partial charge >= 0.3 is 6.03 Å². The second kappa shape index (κ2) is 7.65. The maximum atomic E-state index is 12.4. The van der Waals surface area contributed by atoms with Gasteiger partial charge in [0.15, 0.2) is 5.76 Å². The van der Waals surface area contributed by atoms with E-state index in [9.17, 15) is 9.59 Å². The van der Waals surface area contributed by atoms with Crippen LogP contribution in [0, 0.1) is 6.92 Å². The summed E-state index contributed by atoms with van der Waals surface area (Å²) in [6.45, 7) is 6.17. The largest absolute Gasteiger partial charge is 0.360 e. The van der Waals surface area contributed by atoms with Crippen LogP contribution < -0.4 is 10.6 Å². The van der Waals surface area contributed by atoms with Crippen molar-refractivity contribution in [3.05, 3.63) is 17.5 Å². The number of nitrogens with one attached hydrogen (secondary N) is 2. The molecule has 8 nitrogen and oxygen atoms in total. The molecule has 2 aliphatic rings. The molecule has 2 fully saturated rings. The van der Waals surface area contributed by atoms with Crippen LogP contribution in [0.25, 0.3) is 0 Å². The normalized spacial score (nSPS) is 22.8. The molecular formula is C16H25N5O3. The Bertz CT molecular complexity index is 580. The van der Waals surface area contributed by atoms with E-state index >= 15 is 0 Å². The highest BCUT2D eigenvalue weighted by molar-refractivity contribution is 5.87. The van der Waals surface area contributed by atoms with Crippen LogP contribution in [0.3, 0.4) is 0 Å². The molecule has 0 radical (unpaired) electrons. The van der Waals surface area contributed by atoms with Gasteiger partial charge in [-0.25, -0.2) is 4.79 Å². The third kappa shape index (κ3) is 4.25. The molecule has 1 atom stereocenters. The Morgan fingerprint density at radius 2 is 2.17 bits per heavy atom. The molecule has 2 N–H and O–H groups in total. The Kier molecular flexibility index (Phi) is 5.34. The Balaban J connectivity index is 1.45. The predicted molar refractivity (Wildman–Crippen MR) is 87.3 cm³/mol. The van der Waals surface area contributed by atoms with E-state index in [1.54, 1.807) is 4.90 Å². The summed E-state index contributed by atoms with van der Waals surface area (Å²) >= 11 is 0. The van der Waals surface area contributed by atoms with Crippen molar-refractivity contribution in [2.24, 2.45) is 0 Å². The van der Waals surface area contributed by atoms with Crippen LogP contribution in [0.4, 0.5) is 4.79 Å². The summed E-state index contributed by atoms with van der Waals surface area (Å²) in [5.74, 6) is 0.778. The number of aryl methyl sites for hydroxylation is 1. The molecule has 0 saturated carbocycles. The number of aromatic nitrogens is 1. The van der Waals surface area contributed by atoms with Gasteiger partial charge in [-0.15, -0.1) is 0 Å². The van der Waals surface area contributed by atoms with E-state index < -0.39 is 6.04 Å². The van der Waals surface area contributed by atoms with Gasteiger partial charge in [0.2, 0.25) is 5.91 Å². The molecular weight excluding hydrogens is 310 g/mol. The molecule has 1 aromatic rings. The van der Waals surface area contributed by atoms with Crippen molar-refractivity contribution in [1.82, 2.24) is 25.6 Å². The zero-order valence-corrected chi connectivity index (χ0v) is 14.1. The van der Waals surface area contributed by atoms with E-state index in [1.807, 2.05) is 13.0 Å². The van der Waals surface area contributed by atoms with E-state index in [-0.39, 0.29) is 11.9 Å². The first kappa shape index (κ1) is 16.8. The summed E-state index contributed by atoms with van der Waals surface area (Å²) in [5.41, 5.74) is 0.879. The average molecular weight is 335 g/mol. The monoisotopic (exact) mass is 335 g/mol. The number of carbonyl (C=O) groups is 2. The van der Waals surface area contributed by atoms with Crippen LogP contribution in [0.15, 0.2) is 10.6 Å². The maximum absolute atomic E-state index is 12.4. The molecule has 132 valence electrons. The summed E-state index contributed by atoms with van der Waals surface area (Å²) in [7, 11) is 0. The van der Waals surface area contributed by atoms with Gasteiger partial charge in [-0.2, -0.15) is 0 Å². The second-order valence-corrected chi connectivity index (χ2v) is 6.49. The van der Waals surface area contributed by atoms with Gasteiger partial charge in [-0.1, -0.05) is 5.16 Å². The topological polar surface area (TPSA) is 90.7 Å². The van der Waals surface area contributed by atoms with Crippen LogP contribution in [0.1, 0.15) is 30.7 Å². The van der Waals surface area contributed by atoms with Crippen molar-refractivity contribution >= 4 is 11.9 Å². The van der Waals surface area contributed by atoms with E-state index in [0.717, 1.165) is 37.4 Å². The molecule has 0 aromatic carbocycles. The number of hydrogen-bond donors (Lipinski definition) is 2. The van der Waals surface area contributed by atoms with Crippen LogP contribution in [-0.2, 0) is 11.3 Å². The Morgan fingerprint density at radius 3 is 2.88 bits per heavy atom. The van der Waals surface area contributed by atoms with E-state index in [4.69, 9.17) is 4.52 Å². The molecule has 0 unspecified atom stereocenters. The number of amides is 3. The van der Waals surface area contributed by atoms with Gasteiger partial charge < -0.3 is 20.1 Å². The summed E-state index contributed by atoms with van der Waals surface area (Å²) in [6.07, 6.45) is 2.63. The Hall–Kier alpha value is -2.09. The molecule has 0 spiro atoms. The molecule has 24 heavy (non-hydrogen) atoms. The van der Waals surface area contributed by atoms with Crippen LogP contribution in [0.5, 0.6) is 0 Å².